The van der Waals surface area contributed by atoms with Crippen LogP contribution in [0.2, 0.25) is 0 Å². The summed E-state index contributed by atoms with van der Waals surface area (Å²) in [6.45, 7) is 5.91. The van der Waals surface area contributed by atoms with E-state index in [4.69, 9.17) is 9.72 Å². The molecule has 0 aliphatic carbocycles. The molecule has 0 bridgehead atoms. The summed E-state index contributed by atoms with van der Waals surface area (Å²) in [5, 5.41) is 11.0. The van der Waals surface area contributed by atoms with Crippen LogP contribution in [-0.2, 0) is 11.3 Å². The monoisotopic (exact) mass is 432 g/mol. The van der Waals surface area contributed by atoms with Gasteiger partial charge in [0.15, 0.2) is 0 Å². The minimum atomic E-state index is -0.583. The lowest BCUT2D eigenvalue weighted by atomic mass is 10.1. The molecule has 1 amide bonds. The Kier molecular flexibility index (Phi) is 6.71. The summed E-state index contributed by atoms with van der Waals surface area (Å²) in [4.78, 5) is 28.0. The quantitative estimate of drug-likeness (QED) is 0.461. The largest absolute Gasteiger partial charge is 0.444 e. The fourth-order valence-corrected chi connectivity index (χ4v) is 4.13. The highest BCUT2D eigenvalue weighted by atomic mass is 32.2. The van der Waals surface area contributed by atoms with E-state index in [-0.39, 0.29) is 13.2 Å². The average Bonchev–Trinajstić information content (AvgIpc) is 3.11. The predicted octanol–water partition coefficient (Wildman–Crippen LogP) is 4.20. The van der Waals surface area contributed by atoms with Crippen LogP contribution in [0.1, 0.15) is 26.3 Å². The number of rotatable bonds is 6. The molecule has 1 aromatic carbocycles. The minimum absolute atomic E-state index is 0.123. The number of aliphatic hydroxyl groups excluding tert-OH is 1. The second-order valence-electron chi connectivity index (χ2n) is 7.38. The Balaban J connectivity index is 1.78. The third kappa shape index (κ3) is 5.43. The second kappa shape index (κ2) is 9.06. The van der Waals surface area contributed by atoms with E-state index in [1.807, 2.05) is 51.3 Å². The molecule has 3 aromatic rings. The molecule has 7 nitrogen and oxygen atoms in total. The van der Waals surface area contributed by atoms with E-state index in [0.29, 0.717) is 6.54 Å². The van der Waals surface area contributed by atoms with Gasteiger partial charge in [0, 0.05) is 18.7 Å². The first-order chi connectivity index (χ1) is 13.8. The lowest BCUT2D eigenvalue weighted by Gasteiger charge is -2.27. The highest BCUT2D eigenvalue weighted by molar-refractivity contribution is 7.98. The zero-order valence-electron chi connectivity index (χ0n) is 16.9. The van der Waals surface area contributed by atoms with E-state index in [2.05, 4.69) is 9.97 Å². The van der Waals surface area contributed by atoms with Gasteiger partial charge in [-0.3, -0.25) is 0 Å². The number of hydrogen-bond acceptors (Lipinski definition) is 8. The molecule has 3 rings (SSSR count). The predicted molar refractivity (Wildman–Crippen MR) is 116 cm³/mol. The molecule has 0 unspecified atom stereocenters. The first-order valence-corrected chi connectivity index (χ1v) is 11.2. The van der Waals surface area contributed by atoms with Crippen molar-refractivity contribution in [3.05, 3.63) is 36.2 Å². The summed E-state index contributed by atoms with van der Waals surface area (Å²) >= 11 is 3.08. The highest BCUT2D eigenvalue weighted by Gasteiger charge is 2.22. The summed E-state index contributed by atoms with van der Waals surface area (Å²) in [5.41, 5.74) is 2.16. The molecule has 0 saturated carbocycles. The molecule has 0 aliphatic heterocycles. The summed E-state index contributed by atoms with van der Waals surface area (Å²) in [6, 6.07) is 7.87. The highest BCUT2D eigenvalue weighted by Crippen LogP contribution is 2.32. The van der Waals surface area contributed by atoms with Gasteiger partial charge in [-0.05, 0) is 32.6 Å². The minimum Gasteiger partial charge on any atom is -0.444 e. The third-order valence-corrected chi connectivity index (χ3v) is 5.65. The number of amides is 1. The normalized spacial score (nSPS) is 11.6. The molecule has 1 N–H and O–H groups in total. The van der Waals surface area contributed by atoms with Gasteiger partial charge in [0.05, 0.1) is 6.61 Å². The molecule has 29 heavy (non-hydrogen) atoms. The molecule has 0 saturated heterocycles. The van der Waals surface area contributed by atoms with Crippen molar-refractivity contribution >= 4 is 39.5 Å². The van der Waals surface area contributed by atoms with Crippen LogP contribution in [0, 0.1) is 0 Å². The second-order valence-corrected chi connectivity index (χ2v) is 9.15. The molecule has 0 radical (unpaired) electrons. The lowest BCUT2D eigenvalue weighted by Crippen LogP contribution is -2.38. The molecule has 0 fully saturated rings. The van der Waals surface area contributed by atoms with Gasteiger partial charge in [-0.15, -0.1) is 11.8 Å². The Labute approximate surface area is 178 Å². The smallest absolute Gasteiger partial charge is 0.410 e. The molecule has 0 atom stereocenters. The molecule has 0 spiro atoms. The van der Waals surface area contributed by atoms with Gasteiger partial charge >= 0.3 is 6.09 Å². The van der Waals surface area contributed by atoms with Gasteiger partial charge in [0.1, 0.15) is 32.3 Å². The third-order valence-electron chi connectivity index (χ3n) is 3.95. The number of benzene rings is 1. The molecular weight excluding hydrogens is 408 g/mol. The number of aromatic nitrogens is 3. The zero-order valence-corrected chi connectivity index (χ0v) is 18.5. The number of thioether (sulfide) groups is 1. The molecule has 154 valence electrons. The van der Waals surface area contributed by atoms with E-state index in [1.165, 1.54) is 16.2 Å². The maximum absolute atomic E-state index is 12.4. The van der Waals surface area contributed by atoms with Crippen LogP contribution in [0.15, 0.2) is 35.6 Å². The summed E-state index contributed by atoms with van der Waals surface area (Å²) < 4.78 is 5.43. The standard InChI is InChI=1S/C20H24N4O3S2/c1-20(2,3)27-19(26)24(9-10-25)11-13-5-7-14(8-6-13)16-23-15-17(28-4)21-12-22-18(15)29-16/h5-8,12,25H,9-11H2,1-4H3. The van der Waals surface area contributed by atoms with Gasteiger partial charge < -0.3 is 14.7 Å². The fourth-order valence-electron chi connectivity index (χ4n) is 2.66. The van der Waals surface area contributed by atoms with Gasteiger partial charge in [-0.25, -0.2) is 19.7 Å². The van der Waals surface area contributed by atoms with Gasteiger partial charge in [-0.2, -0.15) is 0 Å². The average molecular weight is 433 g/mol. The Hall–Kier alpha value is -2.23. The number of fused-ring (bicyclic) bond motifs is 1. The van der Waals surface area contributed by atoms with E-state index in [0.717, 1.165) is 31.5 Å². The lowest BCUT2D eigenvalue weighted by molar-refractivity contribution is 0.0201. The Bertz CT molecular complexity index is 984. The van der Waals surface area contributed by atoms with Crippen LogP contribution < -0.4 is 0 Å². The van der Waals surface area contributed by atoms with Crippen LogP contribution in [0.4, 0.5) is 4.79 Å². The van der Waals surface area contributed by atoms with E-state index in [9.17, 15) is 9.90 Å². The van der Waals surface area contributed by atoms with E-state index in [1.54, 1.807) is 18.1 Å². The first kappa shape index (κ1) is 21.5. The summed E-state index contributed by atoms with van der Waals surface area (Å²) in [6.07, 6.45) is 3.09. The van der Waals surface area contributed by atoms with Crippen molar-refractivity contribution < 1.29 is 14.6 Å². The molecule has 0 aliphatic rings. The van der Waals surface area contributed by atoms with Crippen LogP contribution in [0.25, 0.3) is 20.9 Å². The number of carbonyl (C=O) groups is 1. The number of thiazole rings is 1. The number of carbonyl (C=O) groups excluding carboxylic acids is 1. The molecule has 2 aromatic heterocycles. The first-order valence-electron chi connectivity index (χ1n) is 9.14. The Morgan fingerprint density at radius 3 is 2.59 bits per heavy atom. The van der Waals surface area contributed by atoms with Gasteiger partial charge in [0.25, 0.3) is 0 Å². The Morgan fingerprint density at radius 2 is 1.97 bits per heavy atom. The van der Waals surface area contributed by atoms with Crippen molar-refractivity contribution in [2.75, 3.05) is 19.4 Å². The van der Waals surface area contributed by atoms with Crippen molar-refractivity contribution in [3.8, 4) is 10.6 Å². The topological polar surface area (TPSA) is 88.4 Å². The molecule has 9 heteroatoms. The zero-order chi connectivity index (χ0) is 21.0. The maximum Gasteiger partial charge on any atom is 0.410 e. The number of ether oxygens (including phenoxy) is 1. The Morgan fingerprint density at radius 1 is 1.24 bits per heavy atom. The van der Waals surface area contributed by atoms with Crippen LogP contribution in [-0.4, -0.2) is 56.1 Å². The fraction of sp³-hybridized carbons (Fsp3) is 0.400. The van der Waals surface area contributed by atoms with Crippen LogP contribution >= 0.6 is 23.1 Å². The van der Waals surface area contributed by atoms with Gasteiger partial charge in [0.2, 0.25) is 0 Å². The van der Waals surface area contributed by atoms with Crippen molar-refractivity contribution in [2.45, 2.75) is 37.9 Å². The van der Waals surface area contributed by atoms with Gasteiger partial charge in [-0.1, -0.05) is 35.6 Å². The SMILES string of the molecule is CSc1ncnc2sc(-c3ccc(CN(CCO)C(=O)OC(C)(C)C)cc3)nc12. The van der Waals surface area contributed by atoms with E-state index >= 15 is 0 Å². The number of nitrogens with zero attached hydrogens (tertiary/aromatic N) is 4. The van der Waals surface area contributed by atoms with Crippen LogP contribution in [0.5, 0.6) is 0 Å². The summed E-state index contributed by atoms with van der Waals surface area (Å²) in [5.74, 6) is 0. The number of hydrogen-bond donors (Lipinski definition) is 1. The van der Waals surface area contributed by atoms with Crippen molar-refractivity contribution in [3.63, 3.8) is 0 Å². The molecule has 2 heterocycles. The van der Waals surface area contributed by atoms with Crippen molar-refractivity contribution in [1.29, 1.82) is 0 Å². The maximum atomic E-state index is 12.4. The molecular formula is C20H24N4O3S2. The summed E-state index contributed by atoms with van der Waals surface area (Å²) in [7, 11) is 0. The van der Waals surface area contributed by atoms with Crippen molar-refractivity contribution in [1.82, 2.24) is 19.9 Å². The van der Waals surface area contributed by atoms with Crippen molar-refractivity contribution in [2.24, 2.45) is 0 Å². The van der Waals surface area contributed by atoms with E-state index < -0.39 is 11.7 Å². The number of aliphatic hydroxyl groups is 1. The van der Waals surface area contributed by atoms with Crippen LogP contribution in [0.3, 0.4) is 0 Å².